The van der Waals surface area contributed by atoms with Crippen LogP contribution < -0.4 is 5.32 Å². The zero-order chi connectivity index (χ0) is 10.4. The fourth-order valence-corrected chi connectivity index (χ4v) is 1.18. The van der Waals surface area contributed by atoms with Gasteiger partial charge in [-0.15, -0.1) is 0 Å². The van der Waals surface area contributed by atoms with Crippen molar-refractivity contribution < 1.29 is 4.79 Å². The van der Waals surface area contributed by atoms with Gasteiger partial charge in [-0.2, -0.15) is 5.26 Å². The van der Waals surface area contributed by atoms with Crippen LogP contribution in [0.1, 0.15) is 11.1 Å². The second-order valence-electron chi connectivity index (χ2n) is 3.04. The molecule has 0 aromatic heterocycles. The first-order chi connectivity index (χ1) is 6.74. The van der Waals surface area contributed by atoms with Crippen LogP contribution in [-0.4, -0.2) is 12.5 Å². The quantitative estimate of drug-likeness (QED) is 0.724. The Balaban J connectivity index is 2.57. The maximum atomic E-state index is 11.3. The monoisotopic (exact) mass is 188 g/mol. The van der Waals surface area contributed by atoms with E-state index in [1.54, 1.807) is 0 Å². The predicted octanol–water partition coefficient (Wildman–Crippen LogP) is 1.18. The minimum Gasteiger partial charge on any atom is -0.343 e. The van der Waals surface area contributed by atoms with Gasteiger partial charge in [0, 0.05) is 0 Å². The van der Waals surface area contributed by atoms with Crippen LogP contribution in [0, 0.1) is 18.3 Å². The summed E-state index contributed by atoms with van der Waals surface area (Å²) in [6.45, 7) is 2.04. The van der Waals surface area contributed by atoms with E-state index in [1.165, 1.54) is 0 Å². The highest BCUT2D eigenvalue weighted by atomic mass is 16.1. The molecule has 14 heavy (non-hydrogen) atoms. The number of nitriles is 1. The normalized spacial score (nSPS) is 9.14. The van der Waals surface area contributed by atoms with E-state index >= 15 is 0 Å². The van der Waals surface area contributed by atoms with Crippen LogP contribution in [0.2, 0.25) is 0 Å². The zero-order valence-corrected chi connectivity index (χ0v) is 8.08. The van der Waals surface area contributed by atoms with Crippen molar-refractivity contribution in [3.63, 3.8) is 0 Å². The molecule has 72 valence electrons. The summed E-state index contributed by atoms with van der Waals surface area (Å²) < 4.78 is 0. The van der Waals surface area contributed by atoms with Gasteiger partial charge < -0.3 is 5.32 Å². The molecule has 0 saturated carbocycles. The Kier molecular flexibility index (Phi) is 3.69. The lowest BCUT2D eigenvalue weighted by Gasteiger charge is -2.04. The third-order valence-electron chi connectivity index (χ3n) is 1.98. The molecule has 1 aromatic carbocycles. The molecular formula is C11H12N2O. The van der Waals surface area contributed by atoms with Crippen LogP contribution in [0.25, 0.3) is 0 Å². The van der Waals surface area contributed by atoms with Crippen LogP contribution in [-0.2, 0) is 11.2 Å². The van der Waals surface area contributed by atoms with Gasteiger partial charge in [0.2, 0.25) is 5.91 Å². The molecule has 0 heterocycles. The summed E-state index contributed by atoms with van der Waals surface area (Å²) in [4.78, 5) is 11.3. The number of benzene rings is 1. The lowest BCUT2D eigenvalue weighted by Crippen LogP contribution is -2.25. The molecule has 0 saturated heterocycles. The van der Waals surface area contributed by atoms with Crippen LogP contribution in [0.5, 0.6) is 0 Å². The number of hydrogen-bond acceptors (Lipinski definition) is 2. The van der Waals surface area contributed by atoms with E-state index < -0.39 is 0 Å². The van der Waals surface area contributed by atoms with Gasteiger partial charge >= 0.3 is 0 Å². The van der Waals surface area contributed by atoms with E-state index in [1.807, 2.05) is 37.3 Å². The SMILES string of the molecule is Cc1ccccc1CC(=O)NCC#N. The molecule has 0 aliphatic heterocycles. The van der Waals surface area contributed by atoms with Crippen LogP contribution >= 0.6 is 0 Å². The highest BCUT2D eigenvalue weighted by molar-refractivity contribution is 5.79. The summed E-state index contributed by atoms with van der Waals surface area (Å²) in [5.41, 5.74) is 2.10. The first-order valence-corrected chi connectivity index (χ1v) is 4.42. The van der Waals surface area contributed by atoms with Crippen LogP contribution in [0.15, 0.2) is 24.3 Å². The van der Waals surface area contributed by atoms with Crippen LogP contribution in [0.4, 0.5) is 0 Å². The number of carbonyl (C=O) groups excluding carboxylic acids is 1. The Bertz CT molecular complexity index is 366. The molecule has 3 nitrogen and oxygen atoms in total. The summed E-state index contributed by atoms with van der Waals surface area (Å²) in [6.07, 6.45) is 0.342. The van der Waals surface area contributed by atoms with Crippen LogP contribution in [0.3, 0.4) is 0 Å². The van der Waals surface area contributed by atoms with Crippen molar-refractivity contribution in [2.24, 2.45) is 0 Å². The molecule has 0 spiro atoms. The zero-order valence-electron chi connectivity index (χ0n) is 8.08. The number of amides is 1. The Morgan fingerprint density at radius 2 is 2.21 bits per heavy atom. The fraction of sp³-hybridized carbons (Fsp3) is 0.273. The van der Waals surface area contributed by atoms with E-state index in [9.17, 15) is 4.79 Å². The van der Waals surface area contributed by atoms with Gasteiger partial charge in [-0.25, -0.2) is 0 Å². The molecule has 3 heteroatoms. The van der Waals surface area contributed by atoms with Gasteiger partial charge in [0.25, 0.3) is 0 Å². The number of nitrogens with one attached hydrogen (secondary N) is 1. The minimum atomic E-state index is -0.110. The smallest absolute Gasteiger partial charge is 0.225 e. The van der Waals surface area contributed by atoms with E-state index in [-0.39, 0.29) is 12.5 Å². The Labute approximate surface area is 83.4 Å². The van der Waals surface area contributed by atoms with Gasteiger partial charge in [-0.1, -0.05) is 24.3 Å². The van der Waals surface area contributed by atoms with Crippen molar-refractivity contribution in [1.29, 1.82) is 5.26 Å². The minimum absolute atomic E-state index is 0.0741. The van der Waals surface area contributed by atoms with Gasteiger partial charge in [-0.05, 0) is 18.1 Å². The van der Waals surface area contributed by atoms with Crippen molar-refractivity contribution in [3.8, 4) is 6.07 Å². The Morgan fingerprint density at radius 3 is 2.86 bits per heavy atom. The maximum Gasteiger partial charge on any atom is 0.225 e. The summed E-state index contributed by atoms with van der Waals surface area (Å²) >= 11 is 0. The van der Waals surface area contributed by atoms with Gasteiger partial charge in [0.15, 0.2) is 0 Å². The molecule has 1 amide bonds. The topological polar surface area (TPSA) is 52.9 Å². The second-order valence-corrected chi connectivity index (χ2v) is 3.04. The lowest BCUT2D eigenvalue weighted by atomic mass is 10.1. The van der Waals surface area contributed by atoms with E-state index in [0.717, 1.165) is 11.1 Å². The summed E-state index contributed by atoms with van der Waals surface area (Å²) in [5.74, 6) is -0.110. The van der Waals surface area contributed by atoms with E-state index in [2.05, 4.69) is 5.32 Å². The number of hydrogen-bond donors (Lipinski definition) is 1. The van der Waals surface area contributed by atoms with Gasteiger partial charge in [0.05, 0.1) is 12.5 Å². The standard InChI is InChI=1S/C11H12N2O/c1-9-4-2-3-5-10(9)8-11(14)13-7-6-12/h2-5H,7-8H2,1H3,(H,13,14). The molecule has 0 radical (unpaired) electrons. The molecule has 1 aromatic rings. The Morgan fingerprint density at radius 1 is 1.50 bits per heavy atom. The number of nitrogens with zero attached hydrogens (tertiary/aromatic N) is 1. The van der Waals surface area contributed by atoms with Gasteiger partial charge in [-0.3, -0.25) is 4.79 Å². The molecule has 0 fully saturated rings. The molecule has 0 atom stereocenters. The summed E-state index contributed by atoms with van der Waals surface area (Å²) in [6, 6.07) is 9.59. The molecule has 0 unspecified atom stereocenters. The van der Waals surface area contributed by atoms with Crippen molar-refractivity contribution in [2.75, 3.05) is 6.54 Å². The number of carbonyl (C=O) groups is 1. The maximum absolute atomic E-state index is 11.3. The van der Waals surface area contributed by atoms with Gasteiger partial charge in [0.1, 0.15) is 6.54 Å². The molecule has 0 aliphatic carbocycles. The lowest BCUT2D eigenvalue weighted by molar-refractivity contribution is -0.120. The molecular weight excluding hydrogens is 176 g/mol. The van der Waals surface area contributed by atoms with Crippen molar-refractivity contribution in [1.82, 2.24) is 5.32 Å². The fourth-order valence-electron chi connectivity index (χ4n) is 1.18. The number of aryl methyl sites for hydroxylation is 1. The third-order valence-corrected chi connectivity index (χ3v) is 1.98. The Hall–Kier alpha value is -1.82. The first-order valence-electron chi connectivity index (χ1n) is 4.42. The average Bonchev–Trinajstić information content (AvgIpc) is 2.18. The highest BCUT2D eigenvalue weighted by Crippen LogP contribution is 2.07. The third kappa shape index (κ3) is 2.91. The molecule has 0 aliphatic rings. The summed E-state index contributed by atoms with van der Waals surface area (Å²) in [7, 11) is 0. The highest BCUT2D eigenvalue weighted by Gasteiger charge is 2.03. The summed E-state index contributed by atoms with van der Waals surface area (Å²) in [5, 5.41) is 10.8. The molecule has 1 rings (SSSR count). The molecule has 1 N–H and O–H groups in total. The second kappa shape index (κ2) is 5.03. The van der Waals surface area contributed by atoms with Crippen molar-refractivity contribution in [3.05, 3.63) is 35.4 Å². The first kappa shape index (κ1) is 10.3. The van der Waals surface area contributed by atoms with E-state index in [0.29, 0.717) is 6.42 Å². The predicted molar refractivity (Wildman–Crippen MR) is 53.5 cm³/mol. The largest absolute Gasteiger partial charge is 0.343 e. The van der Waals surface area contributed by atoms with Crippen molar-refractivity contribution in [2.45, 2.75) is 13.3 Å². The van der Waals surface area contributed by atoms with E-state index in [4.69, 9.17) is 5.26 Å². The number of rotatable bonds is 3. The van der Waals surface area contributed by atoms with Crippen molar-refractivity contribution >= 4 is 5.91 Å². The average molecular weight is 188 g/mol. The molecule has 0 bridgehead atoms.